The second-order valence-electron chi connectivity index (χ2n) is 3.13. The van der Waals surface area contributed by atoms with Crippen LogP contribution in [0.25, 0.3) is 0 Å². The van der Waals surface area contributed by atoms with E-state index in [0.29, 0.717) is 10.6 Å². The second-order valence-corrected chi connectivity index (χ2v) is 4.56. The van der Waals surface area contributed by atoms with Crippen LogP contribution >= 0.6 is 23.4 Å². The Hall–Kier alpha value is -1.66. The Morgan fingerprint density at radius 2 is 2.35 bits per heavy atom. The van der Waals surface area contributed by atoms with Crippen molar-refractivity contribution < 1.29 is 5.21 Å². The first-order valence-electron chi connectivity index (χ1n) is 4.65. The van der Waals surface area contributed by atoms with Crippen LogP contribution in [0.1, 0.15) is 5.56 Å². The van der Waals surface area contributed by atoms with Crippen molar-refractivity contribution in [1.82, 2.24) is 9.97 Å². The first kappa shape index (κ1) is 11.8. The van der Waals surface area contributed by atoms with E-state index in [4.69, 9.17) is 22.5 Å². The van der Waals surface area contributed by atoms with Gasteiger partial charge in [-0.2, -0.15) is 0 Å². The van der Waals surface area contributed by atoms with Gasteiger partial charge in [0.15, 0.2) is 11.0 Å². The van der Waals surface area contributed by atoms with E-state index < -0.39 is 0 Å². The molecule has 4 N–H and O–H groups in total. The number of aromatic amines is 1. The molecule has 0 aliphatic carbocycles. The lowest BCUT2D eigenvalue weighted by molar-refractivity contribution is 0.318. The van der Waals surface area contributed by atoms with Gasteiger partial charge in [0.1, 0.15) is 0 Å². The third-order valence-electron chi connectivity index (χ3n) is 2.02. The van der Waals surface area contributed by atoms with Crippen molar-refractivity contribution in [2.24, 2.45) is 10.9 Å². The third-order valence-corrected chi connectivity index (χ3v) is 3.43. The van der Waals surface area contributed by atoms with Crippen molar-refractivity contribution in [3.05, 3.63) is 41.2 Å². The molecule has 2 aromatic rings. The monoisotopic (exact) mass is 268 g/mol. The minimum Gasteiger partial charge on any atom is -0.409 e. The maximum atomic E-state index is 8.56. The summed E-state index contributed by atoms with van der Waals surface area (Å²) in [6.45, 7) is 0. The van der Waals surface area contributed by atoms with Crippen molar-refractivity contribution in [2.45, 2.75) is 10.1 Å². The van der Waals surface area contributed by atoms with Gasteiger partial charge in [0.2, 0.25) is 0 Å². The predicted octanol–water partition coefficient (Wildman–Crippen LogP) is 2.31. The van der Waals surface area contributed by atoms with Crippen molar-refractivity contribution in [2.75, 3.05) is 0 Å². The highest BCUT2D eigenvalue weighted by atomic mass is 35.5. The SMILES string of the molecule is N/C(=N/O)c1ccc(Sc2ncc[nH]2)c(Cl)c1. The van der Waals surface area contributed by atoms with Crippen LogP contribution in [0.15, 0.2) is 45.8 Å². The number of hydrogen-bond acceptors (Lipinski definition) is 4. The molecule has 0 amide bonds. The number of rotatable bonds is 3. The number of benzene rings is 1. The third kappa shape index (κ3) is 2.72. The predicted molar refractivity (Wildman–Crippen MR) is 66.7 cm³/mol. The molecule has 0 spiro atoms. The van der Waals surface area contributed by atoms with E-state index in [-0.39, 0.29) is 5.84 Å². The molecule has 17 heavy (non-hydrogen) atoms. The lowest BCUT2D eigenvalue weighted by Crippen LogP contribution is -2.12. The molecule has 0 saturated carbocycles. The van der Waals surface area contributed by atoms with Crippen LogP contribution in [0, 0.1) is 0 Å². The summed E-state index contributed by atoms with van der Waals surface area (Å²) in [4.78, 5) is 7.90. The number of H-pyrrole nitrogens is 1. The first-order chi connectivity index (χ1) is 8.20. The van der Waals surface area contributed by atoms with E-state index in [2.05, 4.69) is 15.1 Å². The van der Waals surface area contributed by atoms with Gasteiger partial charge < -0.3 is 15.9 Å². The summed E-state index contributed by atoms with van der Waals surface area (Å²) in [5, 5.41) is 12.7. The molecule has 0 fully saturated rings. The highest BCUT2D eigenvalue weighted by Gasteiger charge is 2.07. The standard InChI is InChI=1S/C10H9ClN4OS/c11-7-5-6(9(12)15-16)1-2-8(7)17-10-13-3-4-14-10/h1-5,16H,(H2,12,15)(H,13,14). The highest BCUT2D eigenvalue weighted by molar-refractivity contribution is 7.99. The van der Waals surface area contributed by atoms with Crippen molar-refractivity contribution in [3.63, 3.8) is 0 Å². The summed E-state index contributed by atoms with van der Waals surface area (Å²) in [6.07, 6.45) is 3.40. The van der Waals surface area contributed by atoms with Gasteiger partial charge in [0, 0.05) is 22.9 Å². The quantitative estimate of drug-likeness (QED) is 0.345. The molecular weight excluding hydrogens is 260 g/mol. The zero-order chi connectivity index (χ0) is 12.3. The minimum absolute atomic E-state index is 0.0291. The van der Waals surface area contributed by atoms with Crippen LogP contribution in [0.2, 0.25) is 5.02 Å². The Labute approximate surface area is 107 Å². The lowest BCUT2D eigenvalue weighted by atomic mass is 10.2. The van der Waals surface area contributed by atoms with Gasteiger partial charge in [-0.3, -0.25) is 0 Å². The normalized spacial score (nSPS) is 11.7. The largest absolute Gasteiger partial charge is 0.409 e. The van der Waals surface area contributed by atoms with E-state index in [9.17, 15) is 0 Å². The fourth-order valence-electron chi connectivity index (χ4n) is 1.21. The van der Waals surface area contributed by atoms with Crippen LogP contribution in [0.3, 0.4) is 0 Å². The van der Waals surface area contributed by atoms with E-state index in [1.54, 1.807) is 30.6 Å². The molecule has 0 aliphatic heterocycles. The summed E-state index contributed by atoms with van der Waals surface area (Å²) in [7, 11) is 0. The van der Waals surface area contributed by atoms with E-state index in [1.165, 1.54) is 11.8 Å². The smallest absolute Gasteiger partial charge is 0.170 e. The number of hydrogen-bond donors (Lipinski definition) is 3. The second kappa shape index (κ2) is 5.11. The van der Waals surface area contributed by atoms with Crippen LogP contribution in [-0.2, 0) is 0 Å². The number of halogens is 1. The summed E-state index contributed by atoms with van der Waals surface area (Å²) in [5.41, 5.74) is 6.04. The molecule has 0 radical (unpaired) electrons. The van der Waals surface area contributed by atoms with Gasteiger partial charge in [-0.1, -0.05) is 28.5 Å². The number of nitrogens with zero attached hydrogens (tertiary/aromatic N) is 2. The Balaban J connectivity index is 2.26. The molecule has 1 aromatic heterocycles. The number of aromatic nitrogens is 2. The van der Waals surface area contributed by atoms with Crippen LogP contribution in [-0.4, -0.2) is 21.0 Å². The van der Waals surface area contributed by atoms with Gasteiger partial charge in [0.05, 0.1) is 5.02 Å². The number of oxime groups is 1. The lowest BCUT2D eigenvalue weighted by Gasteiger charge is -2.04. The number of nitrogens with two attached hydrogens (primary N) is 1. The van der Waals surface area contributed by atoms with Crippen LogP contribution in [0.4, 0.5) is 0 Å². The summed E-state index contributed by atoms with van der Waals surface area (Å²) in [5.74, 6) is 0.0291. The maximum absolute atomic E-state index is 8.56. The number of imidazole rings is 1. The molecule has 88 valence electrons. The van der Waals surface area contributed by atoms with Gasteiger partial charge in [-0.05, 0) is 18.2 Å². The molecule has 0 unspecified atom stereocenters. The molecule has 1 heterocycles. The van der Waals surface area contributed by atoms with Crippen LogP contribution < -0.4 is 5.73 Å². The number of amidine groups is 1. The molecule has 7 heteroatoms. The average molecular weight is 269 g/mol. The number of nitrogens with one attached hydrogen (secondary N) is 1. The highest BCUT2D eigenvalue weighted by Crippen LogP contribution is 2.31. The van der Waals surface area contributed by atoms with Gasteiger partial charge in [-0.15, -0.1) is 0 Å². The van der Waals surface area contributed by atoms with Crippen molar-refractivity contribution in [3.8, 4) is 0 Å². The Bertz CT molecular complexity index is 541. The molecule has 5 nitrogen and oxygen atoms in total. The van der Waals surface area contributed by atoms with Gasteiger partial charge in [0.25, 0.3) is 0 Å². The van der Waals surface area contributed by atoms with E-state index in [0.717, 1.165) is 10.1 Å². The summed E-state index contributed by atoms with van der Waals surface area (Å²) in [6, 6.07) is 5.16. The van der Waals surface area contributed by atoms with Crippen LogP contribution in [0.5, 0.6) is 0 Å². The molecule has 1 aromatic carbocycles. The topological polar surface area (TPSA) is 87.3 Å². The minimum atomic E-state index is 0.0291. The fraction of sp³-hybridized carbons (Fsp3) is 0. The van der Waals surface area contributed by atoms with E-state index in [1.807, 2.05) is 0 Å². The fourth-order valence-corrected chi connectivity index (χ4v) is 2.25. The average Bonchev–Trinajstić information content (AvgIpc) is 2.83. The molecule has 2 rings (SSSR count). The Morgan fingerprint density at radius 3 is 2.94 bits per heavy atom. The zero-order valence-electron chi connectivity index (χ0n) is 8.59. The molecule has 0 aliphatic rings. The molecule has 0 bridgehead atoms. The van der Waals surface area contributed by atoms with Gasteiger partial charge >= 0.3 is 0 Å². The maximum Gasteiger partial charge on any atom is 0.170 e. The van der Waals surface area contributed by atoms with Crippen molar-refractivity contribution in [1.29, 1.82) is 0 Å². The molecule has 0 atom stereocenters. The Kier molecular flexibility index (Phi) is 3.55. The molecule has 0 saturated heterocycles. The van der Waals surface area contributed by atoms with Crippen molar-refractivity contribution >= 4 is 29.2 Å². The van der Waals surface area contributed by atoms with E-state index >= 15 is 0 Å². The Morgan fingerprint density at radius 1 is 1.53 bits per heavy atom. The van der Waals surface area contributed by atoms with Gasteiger partial charge in [-0.25, -0.2) is 4.98 Å². The zero-order valence-corrected chi connectivity index (χ0v) is 10.2. The summed E-state index contributed by atoms with van der Waals surface area (Å²) >= 11 is 7.50. The molecular formula is C10H9ClN4OS. The first-order valence-corrected chi connectivity index (χ1v) is 5.85. The summed E-state index contributed by atoms with van der Waals surface area (Å²) < 4.78 is 0.